The lowest BCUT2D eigenvalue weighted by molar-refractivity contribution is 0.524. The molecule has 0 aliphatic carbocycles. The van der Waals surface area contributed by atoms with Crippen LogP contribution >= 0.6 is 0 Å². The quantitative estimate of drug-likeness (QED) is 0.845. The molecule has 0 spiro atoms. The summed E-state index contributed by atoms with van der Waals surface area (Å²) in [6.07, 6.45) is 1.75. The summed E-state index contributed by atoms with van der Waals surface area (Å²) in [5.41, 5.74) is 2.34. The zero-order valence-electron chi connectivity index (χ0n) is 11.8. The van der Waals surface area contributed by atoms with Crippen molar-refractivity contribution in [2.75, 3.05) is 6.54 Å². The maximum Gasteiger partial charge on any atom is 0.144 e. The maximum atomic E-state index is 12.1. The van der Waals surface area contributed by atoms with Gasteiger partial charge in [0.05, 0.1) is 5.71 Å². The third-order valence-corrected chi connectivity index (χ3v) is 4.65. The molecule has 0 bridgehead atoms. The molecule has 2 atom stereocenters. The van der Waals surface area contributed by atoms with Crippen LogP contribution in [-0.2, 0) is 11.4 Å². The Morgan fingerprint density at radius 1 is 1.26 bits per heavy atom. The van der Waals surface area contributed by atoms with Crippen molar-refractivity contribution in [3.8, 4) is 0 Å². The Morgan fingerprint density at radius 3 is 2.58 bits per heavy atom. The van der Waals surface area contributed by atoms with Gasteiger partial charge in [-0.25, -0.2) is 0 Å². The first-order valence-electron chi connectivity index (χ1n) is 6.73. The summed E-state index contributed by atoms with van der Waals surface area (Å²) in [6, 6.07) is 10.7. The van der Waals surface area contributed by atoms with E-state index in [1.165, 1.54) is 5.56 Å². The van der Waals surface area contributed by atoms with Crippen LogP contribution in [0.1, 0.15) is 45.2 Å². The van der Waals surface area contributed by atoms with Crippen LogP contribution in [0.25, 0.3) is 0 Å². The van der Waals surface area contributed by atoms with Crippen molar-refractivity contribution in [3.63, 3.8) is 0 Å². The van der Waals surface area contributed by atoms with Gasteiger partial charge in [0, 0.05) is 25.4 Å². The van der Waals surface area contributed by atoms with Gasteiger partial charge in [-0.1, -0.05) is 34.7 Å². The van der Waals surface area contributed by atoms with Gasteiger partial charge >= 0.3 is 0 Å². The number of nitrogens with zero attached hydrogens (tertiary/aromatic N) is 1. The molecule has 1 aliphatic rings. The van der Waals surface area contributed by atoms with Gasteiger partial charge in [0.15, 0.2) is 0 Å². The SMILES string of the molecule is CC(C)(C)[S+]([O-])N=C1CCNC(c2ccccc2)C1. The predicted molar refractivity (Wildman–Crippen MR) is 81.8 cm³/mol. The fourth-order valence-electron chi connectivity index (χ4n) is 2.06. The second-order valence-electron chi connectivity index (χ2n) is 5.89. The molecule has 3 nitrogen and oxygen atoms in total. The Kier molecular flexibility index (Phi) is 4.66. The molecule has 104 valence electrons. The van der Waals surface area contributed by atoms with E-state index in [1.807, 2.05) is 26.8 Å². The first-order chi connectivity index (χ1) is 8.97. The van der Waals surface area contributed by atoms with Crippen molar-refractivity contribution >= 4 is 17.1 Å². The second kappa shape index (κ2) is 6.07. The van der Waals surface area contributed by atoms with Crippen molar-refractivity contribution in [1.29, 1.82) is 0 Å². The number of hydrogen-bond acceptors (Lipinski definition) is 3. The van der Waals surface area contributed by atoms with E-state index in [0.29, 0.717) is 6.04 Å². The van der Waals surface area contributed by atoms with Crippen molar-refractivity contribution in [2.24, 2.45) is 4.40 Å². The number of nitrogens with one attached hydrogen (secondary N) is 1. The van der Waals surface area contributed by atoms with Crippen LogP contribution in [0.3, 0.4) is 0 Å². The smallest absolute Gasteiger partial charge is 0.144 e. The molecular formula is C15H22N2OS. The second-order valence-corrected chi connectivity index (χ2v) is 7.80. The van der Waals surface area contributed by atoms with E-state index >= 15 is 0 Å². The molecule has 19 heavy (non-hydrogen) atoms. The molecule has 1 aromatic carbocycles. The van der Waals surface area contributed by atoms with Crippen LogP contribution in [0.2, 0.25) is 0 Å². The number of benzene rings is 1. The Morgan fingerprint density at radius 2 is 1.95 bits per heavy atom. The monoisotopic (exact) mass is 278 g/mol. The van der Waals surface area contributed by atoms with Crippen molar-refractivity contribution in [1.82, 2.24) is 5.32 Å². The van der Waals surface area contributed by atoms with Crippen LogP contribution < -0.4 is 5.32 Å². The van der Waals surface area contributed by atoms with Gasteiger partial charge in [-0.3, -0.25) is 0 Å². The highest BCUT2D eigenvalue weighted by atomic mass is 32.2. The van der Waals surface area contributed by atoms with Crippen molar-refractivity contribution in [2.45, 2.75) is 44.4 Å². The molecule has 1 N–H and O–H groups in total. The minimum atomic E-state index is -1.15. The summed E-state index contributed by atoms with van der Waals surface area (Å²) in [4.78, 5) is 0. The summed E-state index contributed by atoms with van der Waals surface area (Å²) in [5.74, 6) is 0. The molecule has 0 amide bonds. The molecule has 1 aliphatic heterocycles. The molecule has 0 aromatic heterocycles. The summed E-state index contributed by atoms with van der Waals surface area (Å²) >= 11 is -1.15. The first kappa shape index (κ1) is 14.6. The van der Waals surface area contributed by atoms with E-state index in [2.05, 4.69) is 34.0 Å². The molecular weight excluding hydrogens is 256 g/mol. The van der Waals surface area contributed by atoms with Gasteiger partial charge in [0.25, 0.3) is 0 Å². The number of piperidine rings is 1. The molecule has 2 unspecified atom stereocenters. The standard InChI is InChI=1S/C15H22N2OS/c1-15(2,3)19(18)17-13-9-10-16-14(11-13)12-7-5-4-6-8-12/h4-8,14,16H,9-11H2,1-3H3. The third kappa shape index (κ3) is 4.06. The van der Waals surface area contributed by atoms with Gasteiger partial charge in [-0.2, -0.15) is 0 Å². The van der Waals surface area contributed by atoms with Crippen LogP contribution in [0.4, 0.5) is 0 Å². The van der Waals surface area contributed by atoms with Gasteiger partial charge in [0.1, 0.15) is 16.1 Å². The summed E-state index contributed by atoms with van der Waals surface area (Å²) in [5, 5.41) is 3.50. The highest BCUT2D eigenvalue weighted by Crippen LogP contribution is 2.24. The maximum absolute atomic E-state index is 12.1. The van der Waals surface area contributed by atoms with Crippen molar-refractivity contribution in [3.05, 3.63) is 35.9 Å². The van der Waals surface area contributed by atoms with E-state index in [0.717, 1.165) is 25.1 Å². The van der Waals surface area contributed by atoms with Gasteiger partial charge in [-0.15, -0.1) is 0 Å². The first-order valence-corrected chi connectivity index (χ1v) is 7.84. The average Bonchev–Trinajstić information content (AvgIpc) is 2.39. The van der Waals surface area contributed by atoms with E-state index in [9.17, 15) is 4.55 Å². The molecule has 4 heteroatoms. The van der Waals surface area contributed by atoms with Gasteiger partial charge in [0.2, 0.25) is 0 Å². The minimum absolute atomic E-state index is 0.278. The lowest BCUT2D eigenvalue weighted by Gasteiger charge is -2.26. The highest BCUT2D eigenvalue weighted by Gasteiger charge is 2.28. The van der Waals surface area contributed by atoms with Crippen LogP contribution in [0.5, 0.6) is 0 Å². The highest BCUT2D eigenvalue weighted by molar-refractivity contribution is 7.91. The number of rotatable bonds is 2. The Hall–Kier alpha value is -0.840. The fraction of sp³-hybridized carbons (Fsp3) is 0.533. The fourth-order valence-corrected chi connectivity index (χ4v) is 2.73. The third-order valence-electron chi connectivity index (χ3n) is 3.18. The Labute approximate surface area is 118 Å². The largest absolute Gasteiger partial charge is 0.591 e. The summed E-state index contributed by atoms with van der Waals surface area (Å²) < 4.78 is 16.2. The Bertz CT molecular complexity index is 439. The van der Waals surface area contributed by atoms with Crippen LogP contribution in [0, 0.1) is 0 Å². The summed E-state index contributed by atoms with van der Waals surface area (Å²) in [6.45, 7) is 6.79. The van der Waals surface area contributed by atoms with E-state index < -0.39 is 11.4 Å². The Balaban J connectivity index is 2.07. The topological polar surface area (TPSA) is 47.5 Å². The molecule has 1 aromatic rings. The molecule has 0 saturated carbocycles. The number of hydrogen-bond donors (Lipinski definition) is 1. The summed E-state index contributed by atoms with van der Waals surface area (Å²) in [7, 11) is 0. The lowest BCUT2D eigenvalue weighted by Crippen LogP contribution is -2.34. The minimum Gasteiger partial charge on any atom is -0.591 e. The van der Waals surface area contributed by atoms with Crippen LogP contribution in [0.15, 0.2) is 34.7 Å². The molecule has 1 fully saturated rings. The van der Waals surface area contributed by atoms with E-state index in [-0.39, 0.29) is 4.75 Å². The predicted octanol–water partition coefficient (Wildman–Crippen LogP) is 3.01. The normalized spacial score (nSPS) is 24.4. The zero-order chi connectivity index (χ0) is 13.9. The van der Waals surface area contributed by atoms with Crippen molar-refractivity contribution < 1.29 is 4.55 Å². The molecule has 2 rings (SSSR count). The van der Waals surface area contributed by atoms with Gasteiger partial charge in [-0.05, 0) is 26.3 Å². The van der Waals surface area contributed by atoms with E-state index in [1.54, 1.807) is 0 Å². The van der Waals surface area contributed by atoms with E-state index in [4.69, 9.17) is 0 Å². The molecule has 0 radical (unpaired) electrons. The zero-order valence-corrected chi connectivity index (χ0v) is 12.7. The van der Waals surface area contributed by atoms with Crippen LogP contribution in [-0.4, -0.2) is 21.6 Å². The molecule has 1 saturated heterocycles. The molecule has 1 heterocycles. The lowest BCUT2D eigenvalue weighted by atomic mass is 9.96. The average molecular weight is 278 g/mol. The van der Waals surface area contributed by atoms with Gasteiger partial charge < -0.3 is 9.87 Å².